The number of hydrogen-bond acceptors (Lipinski definition) is 5. The summed E-state index contributed by atoms with van der Waals surface area (Å²) in [7, 11) is 0. The fourth-order valence-corrected chi connectivity index (χ4v) is 2.28. The quantitative estimate of drug-likeness (QED) is 0.611. The Morgan fingerprint density at radius 2 is 1.95 bits per heavy atom. The highest BCUT2D eigenvalue weighted by molar-refractivity contribution is 8.00. The molecule has 1 rings (SSSR count). The Labute approximate surface area is 131 Å². The molecule has 22 heavy (non-hydrogen) atoms. The Kier molecular flexibility index (Phi) is 6.84. The fourth-order valence-electron chi connectivity index (χ4n) is 1.56. The maximum Gasteiger partial charge on any atom is 0.318 e. The van der Waals surface area contributed by atoms with Crippen LogP contribution in [-0.4, -0.2) is 29.8 Å². The zero-order valence-electron chi connectivity index (χ0n) is 12.2. The van der Waals surface area contributed by atoms with Crippen LogP contribution in [0.25, 0.3) is 0 Å². The van der Waals surface area contributed by atoms with Crippen LogP contribution in [0.15, 0.2) is 29.2 Å². The molecule has 120 valence electrons. The SMILES string of the molecule is CC(C)[C@@H](OC(=O)CSc1ccccc1F)C(=O)NC(N)=O. The van der Waals surface area contributed by atoms with Crippen molar-refractivity contribution in [2.24, 2.45) is 11.7 Å². The number of ether oxygens (including phenoxy) is 1. The third-order valence-electron chi connectivity index (χ3n) is 2.55. The summed E-state index contributed by atoms with van der Waals surface area (Å²) in [5.74, 6) is -2.42. The van der Waals surface area contributed by atoms with Gasteiger partial charge in [-0.3, -0.25) is 14.9 Å². The van der Waals surface area contributed by atoms with Crippen molar-refractivity contribution >= 4 is 29.7 Å². The number of halogens is 1. The molecule has 8 heteroatoms. The molecule has 0 aliphatic rings. The monoisotopic (exact) mass is 328 g/mol. The second kappa shape index (κ2) is 8.38. The first-order valence-electron chi connectivity index (χ1n) is 6.48. The molecule has 0 bridgehead atoms. The van der Waals surface area contributed by atoms with Crippen molar-refractivity contribution in [3.05, 3.63) is 30.1 Å². The highest BCUT2D eigenvalue weighted by atomic mass is 32.2. The second-order valence-electron chi connectivity index (χ2n) is 4.73. The molecule has 1 aromatic rings. The van der Waals surface area contributed by atoms with E-state index in [1.807, 2.05) is 5.32 Å². The zero-order valence-corrected chi connectivity index (χ0v) is 13.0. The second-order valence-corrected chi connectivity index (χ2v) is 5.74. The molecule has 0 saturated heterocycles. The van der Waals surface area contributed by atoms with Gasteiger partial charge in [0.25, 0.3) is 5.91 Å². The molecule has 0 fully saturated rings. The number of urea groups is 1. The molecule has 0 aromatic heterocycles. The predicted octanol–water partition coefficient (Wildman–Crippen LogP) is 1.68. The maximum absolute atomic E-state index is 13.4. The molecule has 6 nitrogen and oxygen atoms in total. The first-order chi connectivity index (χ1) is 10.3. The van der Waals surface area contributed by atoms with Gasteiger partial charge < -0.3 is 10.5 Å². The fraction of sp³-hybridized carbons (Fsp3) is 0.357. The van der Waals surface area contributed by atoms with Crippen LogP contribution in [0.5, 0.6) is 0 Å². The number of esters is 1. The van der Waals surface area contributed by atoms with Crippen LogP contribution in [-0.2, 0) is 14.3 Å². The van der Waals surface area contributed by atoms with Gasteiger partial charge in [-0.25, -0.2) is 9.18 Å². The van der Waals surface area contributed by atoms with Gasteiger partial charge in [-0.2, -0.15) is 0 Å². The summed E-state index contributed by atoms with van der Waals surface area (Å²) in [6.45, 7) is 3.31. The smallest absolute Gasteiger partial charge is 0.318 e. The summed E-state index contributed by atoms with van der Waals surface area (Å²) < 4.78 is 18.4. The number of benzene rings is 1. The Morgan fingerprint density at radius 3 is 2.50 bits per heavy atom. The number of hydrogen-bond donors (Lipinski definition) is 2. The minimum Gasteiger partial charge on any atom is -0.451 e. The first-order valence-corrected chi connectivity index (χ1v) is 7.47. The molecule has 0 heterocycles. The van der Waals surface area contributed by atoms with E-state index in [4.69, 9.17) is 10.5 Å². The molecule has 0 saturated carbocycles. The van der Waals surface area contributed by atoms with Gasteiger partial charge in [0.05, 0.1) is 5.75 Å². The van der Waals surface area contributed by atoms with E-state index in [-0.39, 0.29) is 11.7 Å². The number of amides is 3. The number of primary amides is 1. The van der Waals surface area contributed by atoms with Gasteiger partial charge in [0.2, 0.25) is 0 Å². The lowest BCUT2D eigenvalue weighted by Gasteiger charge is -2.19. The summed E-state index contributed by atoms with van der Waals surface area (Å²) in [4.78, 5) is 34.5. The molecule has 0 aliphatic heterocycles. The van der Waals surface area contributed by atoms with Crippen LogP contribution < -0.4 is 11.1 Å². The number of nitrogens with one attached hydrogen (secondary N) is 1. The van der Waals surface area contributed by atoms with Crippen molar-refractivity contribution < 1.29 is 23.5 Å². The lowest BCUT2D eigenvalue weighted by Crippen LogP contribution is -2.45. The Morgan fingerprint density at radius 1 is 1.32 bits per heavy atom. The first kappa shape index (κ1) is 18.0. The van der Waals surface area contributed by atoms with E-state index in [2.05, 4.69) is 0 Å². The lowest BCUT2D eigenvalue weighted by molar-refractivity contribution is -0.155. The van der Waals surface area contributed by atoms with Gasteiger partial charge in [0, 0.05) is 4.90 Å². The van der Waals surface area contributed by atoms with Gasteiger partial charge >= 0.3 is 12.0 Å². The largest absolute Gasteiger partial charge is 0.451 e. The highest BCUT2D eigenvalue weighted by Gasteiger charge is 2.27. The van der Waals surface area contributed by atoms with Crippen molar-refractivity contribution in [1.82, 2.24) is 5.32 Å². The molecular formula is C14H17FN2O4S. The third-order valence-corrected chi connectivity index (χ3v) is 3.57. The molecule has 3 N–H and O–H groups in total. The van der Waals surface area contributed by atoms with Gasteiger partial charge in [-0.05, 0) is 18.1 Å². The van der Waals surface area contributed by atoms with Gasteiger partial charge in [0.1, 0.15) is 5.82 Å². The molecule has 0 spiro atoms. The highest BCUT2D eigenvalue weighted by Crippen LogP contribution is 2.21. The summed E-state index contributed by atoms with van der Waals surface area (Å²) in [5.41, 5.74) is 4.86. The van der Waals surface area contributed by atoms with E-state index in [9.17, 15) is 18.8 Å². The van der Waals surface area contributed by atoms with E-state index < -0.39 is 29.8 Å². The van der Waals surface area contributed by atoms with Crippen LogP contribution in [0.4, 0.5) is 9.18 Å². The predicted molar refractivity (Wildman–Crippen MR) is 79.6 cm³/mol. The van der Waals surface area contributed by atoms with E-state index in [0.717, 1.165) is 11.8 Å². The van der Waals surface area contributed by atoms with Crippen LogP contribution in [0.3, 0.4) is 0 Å². The summed E-state index contributed by atoms with van der Waals surface area (Å²) >= 11 is 0.962. The average molecular weight is 328 g/mol. The molecule has 0 radical (unpaired) electrons. The Balaban J connectivity index is 2.59. The lowest BCUT2D eigenvalue weighted by atomic mass is 10.1. The standard InChI is InChI=1S/C14H17FN2O4S/c1-8(2)12(13(19)17-14(16)20)21-11(18)7-22-10-6-4-3-5-9(10)15/h3-6,8,12H,7H2,1-2H3,(H3,16,17,19,20)/t12-/m1/s1. The number of rotatable bonds is 6. The topological polar surface area (TPSA) is 98.5 Å². The number of carbonyl (C=O) groups excluding carboxylic acids is 3. The number of thioether (sulfide) groups is 1. The summed E-state index contributed by atoms with van der Waals surface area (Å²) in [6, 6.07) is 4.99. The van der Waals surface area contributed by atoms with Crippen molar-refractivity contribution in [3.63, 3.8) is 0 Å². The minimum absolute atomic E-state index is 0.159. The molecule has 0 aliphatic carbocycles. The van der Waals surface area contributed by atoms with Crippen LogP contribution >= 0.6 is 11.8 Å². The van der Waals surface area contributed by atoms with Crippen molar-refractivity contribution in [2.75, 3.05) is 5.75 Å². The van der Waals surface area contributed by atoms with Crippen molar-refractivity contribution in [2.45, 2.75) is 24.8 Å². The number of nitrogens with two attached hydrogens (primary N) is 1. The summed E-state index contributed by atoms with van der Waals surface area (Å²) in [5, 5.41) is 1.87. The third kappa shape index (κ3) is 5.72. The van der Waals surface area contributed by atoms with Crippen LogP contribution in [0, 0.1) is 11.7 Å². The van der Waals surface area contributed by atoms with E-state index in [0.29, 0.717) is 4.90 Å². The number of imide groups is 1. The van der Waals surface area contributed by atoms with Gasteiger partial charge in [-0.1, -0.05) is 26.0 Å². The molecule has 1 aromatic carbocycles. The van der Waals surface area contributed by atoms with Crippen molar-refractivity contribution in [3.8, 4) is 0 Å². The normalized spacial score (nSPS) is 11.8. The van der Waals surface area contributed by atoms with Gasteiger partial charge in [-0.15, -0.1) is 11.8 Å². The molecule has 0 unspecified atom stereocenters. The zero-order chi connectivity index (χ0) is 16.7. The molecule has 3 amide bonds. The molecule has 1 atom stereocenters. The van der Waals surface area contributed by atoms with Crippen LogP contribution in [0.1, 0.15) is 13.8 Å². The van der Waals surface area contributed by atoms with Crippen molar-refractivity contribution in [1.29, 1.82) is 0 Å². The summed E-state index contributed by atoms with van der Waals surface area (Å²) in [6.07, 6.45) is -1.14. The van der Waals surface area contributed by atoms with Gasteiger partial charge in [0.15, 0.2) is 6.10 Å². The van der Waals surface area contributed by atoms with Crippen LogP contribution in [0.2, 0.25) is 0 Å². The average Bonchev–Trinajstić information content (AvgIpc) is 2.42. The van der Waals surface area contributed by atoms with E-state index >= 15 is 0 Å². The Bertz CT molecular complexity index is 566. The Hall–Kier alpha value is -2.09. The molecular weight excluding hydrogens is 311 g/mol. The van der Waals surface area contributed by atoms with E-state index in [1.54, 1.807) is 26.0 Å². The number of carbonyl (C=O) groups is 3. The maximum atomic E-state index is 13.4. The minimum atomic E-state index is -1.14. The van der Waals surface area contributed by atoms with E-state index in [1.165, 1.54) is 12.1 Å².